The molecule has 0 aliphatic carbocycles. The second-order valence-electron chi connectivity index (χ2n) is 8.03. The molecule has 0 radical (unpaired) electrons. The third-order valence-electron chi connectivity index (χ3n) is 5.34. The number of anilines is 2. The van der Waals surface area contributed by atoms with Gasteiger partial charge in [0.05, 0.1) is 5.69 Å². The number of hydrogen-bond acceptors (Lipinski definition) is 5. The largest absolute Gasteiger partial charge is 0.370 e. The molecule has 4 aromatic rings. The third-order valence-corrected chi connectivity index (χ3v) is 6.10. The standard InChI is InChI=1S/C27H26N6O2S/c28-26(29)32-27-31-23(18-36-27)20-11-13-22(14-12-20)30-24(34)15-16-33(17-19-7-3-1-4-8-19)25(35)21-9-5-2-6-10-21/h1-14,18H,15-17H2,(H,30,34)(H4,28,29,31,32). The van der Waals surface area contributed by atoms with Gasteiger partial charge in [-0.25, -0.2) is 4.98 Å². The van der Waals surface area contributed by atoms with Crippen LogP contribution in [0.25, 0.3) is 11.3 Å². The molecule has 0 aliphatic rings. The van der Waals surface area contributed by atoms with Gasteiger partial charge < -0.3 is 21.3 Å². The Bertz CT molecular complexity index is 1320. The molecule has 0 bridgehead atoms. The van der Waals surface area contributed by atoms with Gasteiger partial charge in [0.2, 0.25) is 5.91 Å². The second kappa shape index (κ2) is 11.8. The Kier molecular flexibility index (Phi) is 8.05. The van der Waals surface area contributed by atoms with E-state index in [0.29, 0.717) is 22.9 Å². The van der Waals surface area contributed by atoms with E-state index in [1.165, 1.54) is 11.3 Å². The summed E-state index contributed by atoms with van der Waals surface area (Å²) in [6.45, 7) is 0.710. The first kappa shape index (κ1) is 24.6. The molecule has 4 rings (SSSR count). The van der Waals surface area contributed by atoms with Gasteiger partial charge in [-0.2, -0.15) is 0 Å². The highest BCUT2D eigenvalue weighted by Crippen LogP contribution is 2.26. The highest BCUT2D eigenvalue weighted by Gasteiger charge is 2.17. The number of benzene rings is 3. The Morgan fingerprint density at radius 3 is 2.25 bits per heavy atom. The number of hydrogen-bond donors (Lipinski definition) is 4. The van der Waals surface area contributed by atoms with E-state index < -0.39 is 0 Å². The number of carbonyl (C=O) groups is 2. The first-order valence-corrected chi connectivity index (χ1v) is 12.2. The molecule has 0 saturated carbocycles. The highest BCUT2D eigenvalue weighted by atomic mass is 32.1. The van der Waals surface area contributed by atoms with Crippen LogP contribution in [0, 0.1) is 5.41 Å². The van der Waals surface area contributed by atoms with Gasteiger partial charge in [0.1, 0.15) is 0 Å². The average molecular weight is 499 g/mol. The van der Waals surface area contributed by atoms with Crippen LogP contribution < -0.4 is 16.4 Å². The summed E-state index contributed by atoms with van der Waals surface area (Å²) in [4.78, 5) is 31.9. The number of nitrogens with two attached hydrogens (primary N) is 1. The molecule has 2 amide bonds. The Hall–Kier alpha value is -4.50. The maximum Gasteiger partial charge on any atom is 0.254 e. The second-order valence-corrected chi connectivity index (χ2v) is 8.89. The van der Waals surface area contributed by atoms with Crippen molar-refractivity contribution in [3.05, 3.63) is 101 Å². The van der Waals surface area contributed by atoms with Gasteiger partial charge in [0.15, 0.2) is 11.1 Å². The van der Waals surface area contributed by atoms with Gasteiger partial charge in [0, 0.05) is 41.7 Å². The van der Waals surface area contributed by atoms with E-state index in [-0.39, 0.29) is 30.7 Å². The van der Waals surface area contributed by atoms with Crippen molar-refractivity contribution < 1.29 is 9.59 Å². The Labute approximate surface area is 213 Å². The van der Waals surface area contributed by atoms with Crippen molar-refractivity contribution in [2.75, 3.05) is 17.2 Å². The average Bonchev–Trinajstić information content (AvgIpc) is 3.35. The summed E-state index contributed by atoms with van der Waals surface area (Å²) >= 11 is 1.35. The Morgan fingerprint density at radius 1 is 0.917 bits per heavy atom. The predicted molar refractivity (Wildman–Crippen MR) is 144 cm³/mol. The predicted octanol–water partition coefficient (Wildman–Crippen LogP) is 4.79. The van der Waals surface area contributed by atoms with Crippen molar-refractivity contribution in [3.63, 3.8) is 0 Å². The molecule has 0 aliphatic heterocycles. The molecule has 1 aromatic heterocycles. The van der Waals surface area contributed by atoms with Crippen LogP contribution >= 0.6 is 11.3 Å². The first-order valence-electron chi connectivity index (χ1n) is 11.3. The van der Waals surface area contributed by atoms with E-state index in [9.17, 15) is 9.59 Å². The summed E-state index contributed by atoms with van der Waals surface area (Å²) < 4.78 is 0. The van der Waals surface area contributed by atoms with Crippen LogP contribution in [0.5, 0.6) is 0 Å². The van der Waals surface area contributed by atoms with E-state index in [4.69, 9.17) is 11.1 Å². The highest BCUT2D eigenvalue weighted by molar-refractivity contribution is 7.14. The molecule has 0 atom stereocenters. The zero-order valence-electron chi connectivity index (χ0n) is 19.5. The summed E-state index contributed by atoms with van der Waals surface area (Å²) in [5.74, 6) is -0.455. The van der Waals surface area contributed by atoms with Crippen LogP contribution in [0.3, 0.4) is 0 Å². The smallest absolute Gasteiger partial charge is 0.254 e. The van der Waals surface area contributed by atoms with Gasteiger partial charge in [-0.3, -0.25) is 15.0 Å². The molecule has 3 aromatic carbocycles. The fourth-order valence-corrected chi connectivity index (χ4v) is 4.31. The van der Waals surface area contributed by atoms with Crippen molar-refractivity contribution in [2.45, 2.75) is 13.0 Å². The lowest BCUT2D eigenvalue weighted by Crippen LogP contribution is -2.33. The van der Waals surface area contributed by atoms with Crippen molar-refractivity contribution in [2.24, 2.45) is 5.73 Å². The lowest BCUT2D eigenvalue weighted by Gasteiger charge is -2.23. The van der Waals surface area contributed by atoms with Gasteiger partial charge in [-0.15, -0.1) is 11.3 Å². The van der Waals surface area contributed by atoms with Crippen molar-refractivity contribution in [3.8, 4) is 11.3 Å². The fraction of sp³-hybridized carbons (Fsp3) is 0.111. The zero-order valence-corrected chi connectivity index (χ0v) is 20.3. The number of rotatable bonds is 9. The van der Waals surface area contributed by atoms with Crippen LogP contribution in [-0.2, 0) is 11.3 Å². The zero-order chi connectivity index (χ0) is 25.3. The molecule has 8 nitrogen and oxygen atoms in total. The molecule has 182 valence electrons. The molecule has 0 spiro atoms. The molecule has 36 heavy (non-hydrogen) atoms. The SMILES string of the molecule is N=C(N)Nc1nc(-c2ccc(NC(=O)CCN(Cc3ccccc3)C(=O)c3ccccc3)cc2)cs1. The van der Waals surface area contributed by atoms with E-state index in [1.807, 2.05) is 78.2 Å². The van der Waals surface area contributed by atoms with Crippen LogP contribution in [0.4, 0.5) is 10.8 Å². The molecule has 1 heterocycles. The number of nitrogens with zero attached hydrogens (tertiary/aromatic N) is 2. The summed E-state index contributed by atoms with van der Waals surface area (Å²) in [5, 5.41) is 15.3. The van der Waals surface area contributed by atoms with E-state index in [2.05, 4.69) is 15.6 Å². The van der Waals surface area contributed by atoms with Crippen LogP contribution in [0.15, 0.2) is 90.3 Å². The van der Waals surface area contributed by atoms with Gasteiger partial charge in [-0.05, 0) is 29.8 Å². The van der Waals surface area contributed by atoms with Crippen molar-refractivity contribution in [1.29, 1.82) is 5.41 Å². The van der Waals surface area contributed by atoms with E-state index in [1.54, 1.807) is 17.0 Å². The van der Waals surface area contributed by atoms with Crippen LogP contribution in [-0.4, -0.2) is 34.2 Å². The third kappa shape index (κ3) is 6.77. The summed E-state index contributed by atoms with van der Waals surface area (Å²) in [6.07, 6.45) is 0.166. The normalized spacial score (nSPS) is 10.4. The Morgan fingerprint density at radius 2 is 1.58 bits per heavy atom. The topological polar surface area (TPSA) is 124 Å². The lowest BCUT2D eigenvalue weighted by atomic mass is 10.1. The summed E-state index contributed by atoms with van der Waals surface area (Å²) in [7, 11) is 0. The maximum atomic E-state index is 13.1. The Balaban J connectivity index is 1.37. The van der Waals surface area contributed by atoms with E-state index >= 15 is 0 Å². The van der Waals surface area contributed by atoms with Crippen LogP contribution in [0.2, 0.25) is 0 Å². The molecule has 0 fully saturated rings. The lowest BCUT2D eigenvalue weighted by molar-refractivity contribution is -0.116. The molecule has 9 heteroatoms. The maximum absolute atomic E-state index is 13.1. The molecular weight excluding hydrogens is 472 g/mol. The number of carbonyl (C=O) groups excluding carboxylic acids is 2. The summed E-state index contributed by atoms with van der Waals surface area (Å²) in [6, 6.07) is 26.2. The molecule has 5 N–H and O–H groups in total. The number of guanidine groups is 1. The first-order chi connectivity index (χ1) is 17.5. The van der Waals surface area contributed by atoms with Gasteiger partial charge in [0.25, 0.3) is 5.91 Å². The monoisotopic (exact) mass is 498 g/mol. The molecule has 0 unspecified atom stereocenters. The van der Waals surface area contributed by atoms with Crippen LogP contribution in [0.1, 0.15) is 22.3 Å². The van der Waals surface area contributed by atoms with Gasteiger partial charge in [-0.1, -0.05) is 60.7 Å². The minimum absolute atomic E-state index is 0.112. The minimum Gasteiger partial charge on any atom is -0.370 e. The van der Waals surface area contributed by atoms with Crippen molar-refractivity contribution >= 4 is 39.9 Å². The van der Waals surface area contributed by atoms with E-state index in [0.717, 1.165) is 16.8 Å². The number of thiazole rings is 1. The number of nitrogens with one attached hydrogen (secondary N) is 3. The fourth-order valence-electron chi connectivity index (χ4n) is 3.58. The number of amides is 2. The quantitative estimate of drug-likeness (QED) is 0.195. The van der Waals surface area contributed by atoms with Crippen molar-refractivity contribution in [1.82, 2.24) is 9.88 Å². The minimum atomic E-state index is -0.178. The molecular formula is C27H26N6O2S. The molecule has 0 saturated heterocycles. The van der Waals surface area contributed by atoms with Gasteiger partial charge >= 0.3 is 0 Å². The number of aromatic nitrogens is 1. The summed E-state index contributed by atoms with van der Waals surface area (Å²) in [5.41, 5.74) is 9.22.